The van der Waals surface area contributed by atoms with Crippen molar-refractivity contribution < 1.29 is 9.13 Å². The van der Waals surface area contributed by atoms with E-state index >= 15 is 0 Å². The Morgan fingerprint density at radius 1 is 1.11 bits per heavy atom. The molecule has 0 aliphatic carbocycles. The van der Waals surface area contributed by atoms with Crippen LogP contribution >= 0.6 is 31.9 Å². The van der Waals surface area contributed by atoms with E-state index in [0.29, 0.717) is 4.47 Å². The van der Waals surface area contributed by atoms with Crippen molar-refractivity contribution in [1.29, 1.82) is 0 Å². The Hall–Kier alpha value is -0.910. The first-order valence-corrected chi connectivity index (χ1v) is 7.15. The fourth-order valence-electron chi connectivity index (χ4n) is 1.81. The lowest BCUT2D eigenvalue weighted by Crippen LogP contribution is -2.12. The average molecular weight is 389 g/mol. The second kappa shape index (κ2) is 6.03. The summed E-state index contributed by atoms with van der Waals surface area (Å²) in [5, 5.41) is 0. The lowest BCUT2D eigenvalue weighted by Gasteiger charge is -2.15. The summed E-state index contributed by atoms with van der Waals surface area (Å²) >= 11 is 6.76. The second-order valence-electron chi connectivity index (χ2n) is 4.04. The second-order valence-corrected chi connectivity index (χ2v) is 5.75. The summed E-state index contributed by atoms with van der Waals surface area (Å²) in [4.78, 5) is 0. The van der Waals surface area contributed by atoms with E-state index in [1.807, 2.05) is 18.2 Å². The molecule has 5 heteroatoms. The van der Waals surface area contributed by atoms with Crippen molar-refractivity contribution in [1.82, 2.24) is 0 Å². The maximum atomic E-state index is 13.1. The molecule has 19 heavy (non-hydrogen) atoms. The summed E-state index contributed by atoms with van der Waals surface area (Å²) in [6.07, 6.45) is 0. The van der Waals surface area contributed by atoms with Gasteiger partial charge in [-0.2, -0.15) is 0 Å². The Balaban J connectivity index is 2.38. The zero-order valence-electron chi connectivity index (χ0n) is 10.2. The van der Waals surface area contributed by atoms with Gasteiger partial charge in [0.2, 0.25) is 0 Å². The molecule has 2 rings (SSSR count). The quantitative estimate of drug-likeness (QED) is 0.845. The first-order chi connectivity index (χ1) is 9.02. The van der Waals surface area contributed by atoms with Gasteiger partial charge in [0.15, 0.2) is 0 Å². The molecule has 0 fully saturated rings. The first kappa shape index (κ1) is 14.5. The van der Waals surface area contributed by atoms with Crippen LogP contribution in [0.1, 0.15) is 17.2 Å². The third-order valence-corrected chi connectivity index (χ3v) is 4.14. The van der Waals surface area contributed by atoms with Crippen LogP contribution < -0.4 is 10.5 Å². The monoisotopic (exact) mass is 387 g/mol. The smallest absolute Gasteiger partial charge is 0.133 e. The maximum absolute atomic E-state index is 13.1. The van der Waals surface area contributed by atoms with Crippen LogP contribution in [0.15, 0.2) is 45.3 Å². The summed E-state index contributed by atoms with van der Waals surface area (Å²) in [5.74, 6) is 0.452. The van der Waals surface area contributed by atoms with E-state index in [1.54, 1.807) is 13.2 Å². The summed E-state index contributed by atoms with van der Waals surface area (Å²) in [6.45, 7) is 0. The van der Waals surface area contributed by atoms with E-state index in [1.165, 1.54) is 12.1 Å². The van der Waals surface area contributed by atoms with E-state index in [9.17, 15) is 4.39 Å². The molecule has 0 radical (unpaired) electrons. The molecule has 1 atom stereocenters. The first-order valence-electron chi connectivity index (χ1n) is 5.57. The van der Waals surface area contributed by atoms with E-state index in [-0.39, 0.29) is 11.9 Å². The number of hydrogen-bond acceptors (Lipinski definition) is 2. The van der Waals surface area contributed by atoms with Gasteiger partial charge in [-0.1, -0.05) is 28.1 Å². The zero-order chi connectivity index (χ0) is 14.0. The highest BCUT2D eigenvalue weighted by atomic mass is 79.9. The highest BCUT2D eigenvalue weighted by Crippen LogP contribution is 2.32. The van der Waals surface area contributed by atoms with Gasteiger partial charge in [0.25, 0.3) is 0 Å². The van der Waals surface area contributed by atoms with E-state index < -0.39 is 0 Å². The molecule has 1 unspecified atom stereocenters. The van der Waals surface area contributed by atoms with Gasteiger partial charge < -0.3 is 10.5 Å². The minimum absolute atomic E-state index is 0.293. The fraction of sp³-hybridized carbons (Fsp3) is 0.143. The standard InChI is InChI=1S/C14H12Br2FNO/c1-19-13-5-2-8(6-12(13)16)14(18)10-4-3-9(17)7-11(10)15/h2-7,14H,18H2,1H3. The van der Waals surface area contributed by atoms with Gasteiger partial charge in [-0.3, -0.25) is 0 Å². The summed E-state index contributed by atoms with van der Waals surface area (Å²) in [7, 11) is 1.61. The Bertz CT molecular complexity index is 604. The molecule has 0 aliphatic rings. The molecule has 2 aromatic carbocycles. The predicted molar refractivity (Wildman–Crippen MR) is 80.8 cm³/mol. The van der Waals surface area contributed by atoms with E-state index in [4.69, 9.17) is 10.5 Å². The number of benzene rings is 2. The Labute approximate surface area is 128 Å². The number of halogens is 3. The number of methoxy groups -OCH3 is 1. The molecule has 0 amide bonds. The molecule has 0 heterocycles. The molecule has 0 bridgehead atoms. The molecule has 0 aliphatic heterocycles. The minimum atomic E-state index is -0.336. The molecule has 0 saturated carbocycles. The summed E-state index contributed by atoms with van der Waals surface area (Å²) in [6, 6.07) is 9.80. The van der Waals surface area contributed by atoms with Crippen LogP contribution in [0.3, 0.4) is 0 Å². The highest BCUT2D eigenvalue weighted by molar-refractivity contribution is 9.10. The zero-order valence-corrected chi connectivity index (χ0v) is 13.3. The number of nitrogens with two attached hydrogens (primary N) is 1. The van der Waals surface area contributed by atoms with Gasteiger partial charge in [0.05, 0.1) is 17.6 Å². The molecule has 2 nitrogen and oxygen atoms in total. The normalized spacial score (nSPS) is 12.3. The maximum Gasteiger partial charge on any atom is 0.133 e. The van der Waals surface area contributed by atoms with Crippen molar-refractivity contribution in [2.45, 2.75) is 6.04 Å². The van der Waals surface area contributed by atoms with Crippen molar-refractivity contribution >= 4 is 31.9 Å². The van der Waals surface area contributed by atoms with Crippen LogP contribution in [-0.2, 0) is 0 Å². The largest absolute Gasteiger partial charge is 0.496 e. The van der Waals surface area contributed by atoms with Crippen molar-refractivity contribution in [3.05, 3.63) is 62.3 Å². The molecule has 2 N–H and O–H groups in total. The molecule has 0 spiro atoms. The Morgan fingerprint density at radius 3 is 2.42 bits per heavy atom. The minimum Gasteiger partial charge on any atom is -0.496 e. The van der Waals surface area contributed by atoms with Crippen LogP contribution in [0.4, 0.5) is 4.39 Å². The molecule has 0 saturated heterocycles. The van der Waals surface area contributed by atoms with Crippen LogP contribution in [0, 0.1) is 5.82 Å². The molecule has 2 aromatic rings. The molecular formula is C14H12Br2FNO. The topological polar surface area (TPSA) is 35.2 Å². The van der Waals surface area contributed by atoms with Crippen LogP contribution in [0.25, 0.3) is 0 Å². The van der Waals surface area contributed by atoms with Gasteiger partial charge in [-0.25, -0.2) is 4.39 Å². The fourth-order valence-corrected chi connectivity index (χ4v) is 2.97. The summed E-state index contributed by atoms with van der Waals surface area (Å²) < 4.78 is 19.8. The van der Waals surface area contributed by atoms with Crippen molar-refractivity contribution in [3.8, 4) is 5.75 Å². The third kappa shape index (κ3) is 3.16. The average Bonchev–Trinajstić information content (AvgIpc) is 2.38. The molecule has 0 aromatic heterocycles. The van der Waals surface area contributed by atoms with E-state index in [0.717, 1.165) is 21.3 Å². The number of hydrogen-bond donors (Lipinski definition) is 1. The summed E-state index contributed by atoms with van der Waals surface area (Å²) in [5.41, 5.74) is 7.96. The van der Waals surface area contributed by atoms with Gasteiger partial charge >= 0.3 is 0 Å². The van der Waals surface area contributed by atoms with E-state index in [2.05, 4.69) is 31.9 Å². The van der Waals surface area contributed by atoms with Gasteiger partial charge in [0, 0.05) is 4.47 Å². The predicted octanol–water partition coefficient (Wildman–Crippen LogP) is 4.41. The van der Waals surface area contributed by atoms with Gasteiger partial charge in [-0.05, 0) is 51.3 Å². The van der Waals surface area contributed by atoms with Crippen molar-refractivity contribution in [2.75, 3.05) is 7.11 Å². The number of rotatable bonds is 3. The highest BCUT2D eigenvalue weighted by Gasteiger charge is 2.14. The van der Waals surface area contributed by atoms with Crippen LogP contribution in [-0.4, -0.2) is 7.11 Å². The lowest BCUT2D eigenvalue weighted by atomic mass is 9.99. The lowest BCUT2D eigenvalue weighted by molar-refractivity contribution is 0.412. The third-order valence-electron chi connectivity index (χ3n) is 2.83. The van der Waals surface area contributed by atoms with Crippen LogP contribution in [0.5, 0.6) is 5.75 Å². The molecule has 100 valence electrons. The van der Waals surface area contributed by atoms with Gasteiger partial charge in [-0.15, -0.1) is 0 Å². The SMILES string of the molecule is COc1ccc(C(N)c2ccc(F)cc2Br)cc1Br. The Kier molecular flexibility index (Phi) is 4.60. The number of ether oxygens (including phenoxy) is 1. The molecular weight excluding hydrogens is 377 g/mol. The van der Waals surface area contributed by atoms with Crippen molar-refractivity contribution in [3.63, 3.8) is 0 Å². The Morgan fingerprint density at radius 2 is 1.84 bits per heavy atom. The van der Waals surface area contributed by atoms with Gasteiger partial charge in [0.1, 0.15) is 11.6 Å². The van der Waals surface area contributed by atoms with Crippen molar-refractivity contribution in [2.24, 2.45) is 5.73 Å². The van der Waals surface area contributed by atoms with Crippen LogP contribution in [0.2, 0.25) is 0 Å².